The van der Waals surface area contributed by atoms with E-state index in [9.17, 15) is 4.79 Å². The Morgan fingerprint density at radius 2 is 1.71 bits per heavy atom. The van der Waals surface area contributed by atoms with E-state index < -0.39 is 12.0 Å². The van der Waals surface area contributed by atoms with Crippen molar-refractivity contribution in [2.45, 2.75) is 101 Å². The van der Waals surface area contributed by atoms with Crippen LogP contribution in [0, 0.1) is 0 Å². The van der Waals surface area contributed by atoms with E-state index in [1.807, 2.05) is 0 Å². The minimum Gasteiger partial charge on any atom is -0.328 e. The summed E-state index contributed by atoms with van der Waals surface area (Å²) >= 11 is 1.72. The lowest BCUT2D eigenvalue weighted by Crippen LogP contribution is -2.66. The number of piperazine rings is 1. The predicted molar refractivity (Wildman–Crippen MR) is 133 cm³/mol. The number of carbonyl (C=O) groups excluding carboxylic acids is 1. The van der Waals surface area contributed by atoms with Gasteiger partial charge in [0.15, 0.2) is 0 Å². The second-order valence-electron chi connectivity index (χ2n) is 11.6. The molecule has 0 aromatic carbocycles. The van der Waals surface area contributed by atoms with Gasteiger partial charge in [0.2, 0.25) is 0 Å². The van der Waals surface area contributed by atoms with E-state index in [1.165, 1.54) is 12.8 Å². The number of rotatable bonds is 5. The van der Waals surface area contributed by atoms with Crippen molar-refractivity contribution < 1.29 is 13.6 Å². The number of halogens is 2. The summed E-state index contributed by atoms with van der Waals surface area (Å²) in [5, 5.41) is 13.9. The molecule has 2 aliphatic heterocycles. The zero-order chi connectivity index (χ0) is 24.8. The normalized spacial score (nSPS) is 29.9. The number of nitrogens with zero attached hydrogens (tertiary/aromatic N) is 5. The molecule has 0 spiro atoms. The molecule has 2 saturated carbocycles. The van der Waals surface area contributed by atoms with Crippen LogP contribution in [0.25, 0.3) is 0 Å². The first-order valence-electron chi connectivity index (χ1n) is 13.4. The Labute approximate surface area is 211 Å². The van der Waals surface area contributed by atoms with Gasteiger partial charge in [0, 0.05) is 69.1 Å². The van der Waals surface area contributed by atoms with E-state index in [2.05, 4.69) is 46.1 Å². The van der Waals surface area contributed by atoms with Gasteiger partial charge in [-0.05, 0) is 52.4 Å². The molecule has 3 heterocycles. The number of carbonyl (C=O) groups is 1. The van der Waals surface area contributed by atoms with E-state index in [4.69, 9.17) is 0 Å². The number of amides is 2. The van der Waals surface area contributed by atoms with Crippen LogP contribution in [0.1, 0.15) is 81.7 Å². The first kappa shape index (κ1) is 25.3. The topological polar surface area (TPSA) is 64.6 Å². The Morgan fingerprint density at radius 3 is 2.34 bits per heavy atom. The molecule has 2 amide bonds. The van der Waals surface area contributed by atoms with E-state index in [0.717, 1.165) is 49.0 Å². The van der Waals surface area contributed by atoms with Crippen molar-refractivity contribution in [1.82, 2.24) is 30.2 Å². The van der Waals surface area contributed by atoms with E-state index >= 15 is 8.78 Å². The smallest absolute Gasteiger partial charge is 0.317 e. The molecule has 1 aromatic heterocycles. The van der Waals surface area contributed by atoms with Crippen molar-refractivity contribution in [3.8, 4) is 0 Å². The molecule has 2 aliphatic carbocycles. The highest BCUT2D eigenvalue weighted by molar-refractivity contribution is 7.11. The SMILES string of the molecule is CC(C)N1CCN([C@H]2CCCC(F)(F)[C@@H]2NC(=O)N2CCC(C)(c3nnc(C4CC4)s3)CC2)CC1. The predicted octanol–water partition coefficient (Wildman–Crippen LogP) is 4.06. The Balaban J connectivity index is 1.20. The second-order valence-corrected chi connectivity index (χ2v) is 12.6. The number of hydrogen-bond donors (Lipinski definition) is 1. The number of piperidine rings is 1. The maximum atomic E-state index is 15.1. The van der Waals surface area contributed by atoms with E-state index in [-0.39, 0.29) is 23.9 Å². The summed E-state index contributed by atoms with van der Waals surface area (Å²) in [6.07, 6.45) is 5.03. The van der Waals surface area contributed by atoms with Crippen molar-refractivity contribution >= 4 is 17.4 Å². The van der Waals surface area contributed by atoms with Gasteiger partial charge in [-0.15, -0.1) is 21.5 Å². The molecule has 10 heteroatoms. The fourth-order valence-corrected chi connectivity index (χ4v) is 7.16. The molecule has 0 radical (unpaired) electrons. The maximum absolute atomic E-state index is 15.1. The lowest BCUT2D eigenvalue weighted by atomic mass is 9.81. The number of nitrogens with one attached hydrogen (secondary N) is 1. The van der Waals surface area contributed by atoms with Crippen molar-refractivity contribution in [2.75, 3.05) is 39.3 Å². The highest BCUT2D eigenvalue weighted by atomic mass is 32.1. The molecular weight excluding hydrogens is 470 g/mol. The minimum absolute atomic E-state index is 0.102. The summed E-state index contributed by atoms with van der Waals surface area (Å²) in [6, 6.07) is -1.33. The molecule has 0 unspecified atom stereocenters. The second kappa shape index (κ2) is 9.82. The third-order valence-electron chi connectivity index (χ3n) is 8.71. The molecule has 2 atom stereocenters. The summed E-state index contributed by atoms with van der Waals surface area (Å²) in [4.78, 5) is 19.5. The lowest BCUT2D eigenvalue weighted by molar-refractivity contribution is -0.0973. The highest BCUT2D eigenvalue weighted by Crippen LogP contribution is 2.44. The molecule has 1 aromatic rings. The van der Waals surface area contributed by atoms with Crippen LogP contribution >= 0.6 is 11.3 Å². The van der Waals surface area contributed by atoms with Crippen molar-refractivity contribution in [3.05, 3.63) is 10.0 Å². The third kappa shape index (κ3) is 5.34. The summed E-state index contributed by atoms with van der Waals surface area (Å²) in [7, 11) is 0. The Kier molecular flexibility index (Phi) is 7.09. The standard InChI is InChI=1S/C25H40F2N6OS/c1-17(2)31-13-15-32(16-14-31)19-5-4-8-25(26,27)20(19)28-23(34)33-11-9-24(3,10-12-33)22-30-29-21(35-22)18-6-7-18/h17-20H,4-16H2,1-3H3,(H,28,34)/t19-,20+/m0/s1. The van der Waals surface area contributed by atoms with Crippen LogP contribution in [0.3, 0.4) is 0 Å². The average molecular weight is 511 g/mol. The quantitative estimate of drug-likeness (QED) is 0.647. The fourth-order valence-electron chi connectivity index (χ4n) is 5.95. The van der Waals surface area contributed by atoms with Crippen LogP contribution < -0.4 is 5.32 Å². The number of alkyl halides is 2. The molecular formula is C25H40F2N6OS. The Bertz CT molecular complexity index is 890. The fraction of sp³-hybridized carbons (Fsp3) is 0.880. The van der Waals surface area contributed by atoms with Gasteiger partial charge >= 0.3 is 6.03 Å². The van der Waals surface area contributed by atoms with Gasteiger partial charge in [-0.3, -0.25) is 9.80 Å². The van der Waals surface area contributed by atoms with Gasteiger partial charge in [0.05, 0.1) is 0 Å². The van der Waals surface area contributed by atoms with Crippen molar-refractivity contribution in [3.63, 3.8) is 0 Å². The molecule has 196 valence electrons. The zero-order valence-corrected chi connectivity index (χ0v) is 22.1. The number of urea groups is 1. The molecule has 35 heavy (non-hydrogen) atoms. The number of likely N-dealkylation sites (tertiary alicyclic amines) is 1. The Hall–Kier alpha value is -1.39. The molecule has 1 N–H and O–H groups in total. The molecule has 4 fully saturated rings. The monoisotopic (exact) mass is 510 g/mol. The zero-order valence-electron chi connectivity index (χ0n) is 21.3. The molecule has 7 nitrogen and oxygen atoms in total. The van der Waals surface area contributed by atoms with Crippen LogP contribution in [-0.4, -0.2) is 94.2 Å². The van der Waals surface area contributed by atoms with E-state index in [1.54, 1.807) is 16.2 Å². The van der Waals surface area contributed by atoms with Gasteiger partial charge in [0.25, 0.3) is 5.92 Å². The first-order valence-corrected chi connectivity index (χ1v) is 14.2. The highest BCUT2D eigenvalue weighted by Gasteiger charge is 2.50. The summed E-state index contributed by atoms with van der Waals surface area (Å²) in [5.74, 6) is -2.29. The minimum atomic E-state index is -2.89. The molecule has 0 bridgehead atoms. The largest absolute Gasteiger partial charge is 0.328 e. The van der Waals surface area contributed by atoms with Crippen LogP contribution in [-0.2, 0) is 5.41 Å². The van der Waals surface area contributed by atoms with Gasteiger partial charge in [-0.2, -0.15) is 0 Å². The molecule has 2 saturated heterocycles. The van der Waals surface area contributed by atoms with Crippen LogP contribution in [0.5, 0.6) is 0 Å². The van der Waals surface area contributed by atoms with Crippen LogP contribution in [0.4, 0.5) is 13.6 Å². The van der Waals surface area contributed by atoms with Gasteiger partial charge in [-0.1, -0.05) is 6.92 Å². The van der Waals surface area contributed by atoms with Gasteiger partial charge in [0.1, 0.15) is 16.1 Å². The van der Waals surface area contributed by atoms with Gasteiger partial charge in [-0.25, -0.2) is 13.6 Å². The summed E-state index contributed by atoms with van der Waals surface area (Å²) in [6.45, 7) is 11.0. The van der Waals surface area contributed by atoms with Crippen LogP contribution in [0.15, 0.2) is 0 Å². The average Bonchev–Trinajstić information content (AvgIpc) is 3.56. The molecule has 4 aliphatic rings. The summed E-state index contributed by atoms with van der Waals surface area (Å²) in [5.41, 5.74) is -0.102. The van der Waals surface area contributed by atoms with Gasteiger partial charge < -0.3 is 10.2 Å². The number of aromatic nitrogens is 2. The molecule has 5 rings (SSSR count). The van der Waals surface area contributed by atoms with Crippen molar-refractivity contribution in [2.24, 2.45) is 0 Å². The summed E-state index contributed by atoms with van der Waals surface area (Å²) < 4.78 is 30.3. The van der Waals surface area contributed by atoms with Crippen molar-refractivity contribution in [1.29, 1.82) is 0 Å². The number of hydrogen-bond acceptors (Lipinski definition) is 6. The lowest BCUT2D eigenvalue weighted by Gasteiger charge is -2.48. The Morgan fingerprint density at radius 1 is 1.03 bits per heavy atom. The first-order chi connectivity index (χ1) is 16.7. The maximum Gasteiger partial charge on any atom is 0.317 e. The van der Waals surface area contributed by atoms with Crippen LogP contribution in [0.2, 0.25) is 0 Å². The third-order valence-corrected chi connectivity index (χ3v) is 10.1. The van der Waals surface area contributed by atoms with E-state index in [0.29, 0.717) is 37.9 Å².